The zero-order valence-electron chi connectivity index (χ0n) is 19.9. The summed E-state index contributed by atoms with van der Waals surface area (Å²) in [4.78, 5) is 41.0. The fourth-order valence-electron chi connectivity index (χ4n) is 4.45. The van der Waals surface area contributed by atoms with Crippen molar-refractivity contribution in [2.75, 3.05) is 44.2 Å². The predicted octanol–water partition coefficient (Wildman–Crippen LogP) is 2.33. The summed E-state index contributed by atoms with van der Waals surface area (Å²) in [5.41, 5.74) is 1.81. The van der Waals surface area contributed by atoms with Crippen molar-refractivity contribution in [3.8, 4) is 0 Å². The van der Waals surface area contributed by atoms with Gasteiger partial charge in [0.25, 0.3) is 5.91 Å². The average molecular weight is 534 g/mol. The van der Waals surface area contributed by atoms with Gasteiger partial charge in [-0.3, -0.25) is 14.4 Å². The predicted molar refractivity (Wildman–Crippen MR) is 134 cm³/mol. The van der Waals surface area contributed by atoms with Crippen molar-refractivity contribution in [1.29, 1.82) is 0 Å². The second kappa shape index (κ2) is 11.0. The Morgan fingerprint density at radius 1 is 1.03 bits per heavy atom. The maximum absolute atomic E-state index is 12.8. The third-order valence-corrected chi connectivity index (χ3v) is 8.67. The Labute approximate surface area is 215 Å². The first kappa shape index (κ1) is 26.1. The molecule has 36 heavy (non-hydrogen) atoms. The summed E-state index contributed by atoms with van der Waals surface area (Å²) in [5, 5.41) is 0.444. The zero-order chi connectivity index (χ0) is 25.9. The number of carbonyl (C=O) groups is 3. The smallest absolute Gasteiger partial charge is 0.311 e. The second-order valence-electron chi connectivity index (χ2n) is 8.73. The second-order valence-corrected chi connectivity index (χ2v) is 11.1. The van der Waals surface area contributed by atoms with E-state index in [9.17, 15) is 22.8 Å². The molecule has 0 aliphatic carbocycles. The van der Waals surface area contributed by atoms with Crippen molar-refractivity contribution in [3.63, 3.8) is 0 Å². The minimum Gasteiger partial charge on any atom is -0.455 e. The van der Waals surface area contributed by atoms with Crippen molar-refractivity contribution >= 4 is 45.1 Å². The molecule has 2 fully saturated rings. The van der Waals surface area contributed by atoms with E-state index < -0.39 is 34.4 Å². The number of amides is 2. The molecule has 2 heterocycles. The maximum Gasteiger partial charge on any atom is 0.311 e. The molecule has 2 aromatic carbocycles. The van der Waals surface area contributed by atoms with Crippen molar-refractivity contribution in [2.45, 2.75) is 24.7 Å². The van der Waals surface area contributed by atoms with E-state index in [1.54, 1.807) is 4.90 Å². The van der Waals surface area contributed by atoms with Crippen LogP contribution < -0.4 is 4.90 Å². The van der Waals surface area contributed by atoms with E-state index in [0.717, 1.165) is 17.7 Å². The molecule has 0 N–H and O–H groups in total. The summed E-state index contributed by atoms with van der Waals surface area (Å²) >= 11 is 5.84. The SMILES string of the molecule is CCc1ccccc1N1CC(C(=O)OCC(=O)N2CCN(S(=O)(=O)c3ccc(Cl)cc3)CC2)CC1=O. The first-order valence-electron chi connectivity index (χ1n) is 11.8. The van der Waals surface area contributed by atoms with Gasteiger partial charge in [-0.1, -0.05) is 36.7 Å². The average Bonchev–Trinajstić information content (AvgIpc) is 3.28. The van der Waals surface area contributed by atoms with Crippen LogP contribution in [0.4, 0.5) is 5.69 Å². The Bertz CT molecular complexity index is 1240. The fraction of sp³-hybridized carbons (Fsp3) is 0.400. The van der Waals surface area contributed by atoms with Crippen molar-refractivity contribution in [1.82, 2.24) is 9.21 Å². The van der Waals surface area contributed by atoms with E-state index in [1.807, 2.05) is 31.2 Å². The number of sulfonamides is 1. The molecule has 0 aromatic heterocycles. The van der Waals surface area contributed by atoms with Gasteiger partial charge in [0.2, 0.25) is 15.9 Å². The van der Waals surface area contributed by atoms with Gasteiger partial charge in [-0.2, -0.15) is 4.31 Å². The number of benzene rings is 2. The molecule has 0 radical (unpaired) electrons. The summed E-state index contributed by atoms with van der Waals surface area (Å²) in [5.74, 6) is -1.78. The van der Waals surface area contributed by atoms with Gasteiger partial charge < -0.3 is 14.5 Å². The number of nitrogens with zero attached hydrogens (tertiary/aromatic N) is 3. The Morgan fingerprint density at radius 2 is 1.69 bits per heavy atom. The van der Waals surface area contributed by atoms with E-state index in [4.69, 9.17) is 16.3 Å². The van der Waals surface area contributed by atoms with Crippen LogP contribution in [0.1, 0.15) is 18.9 Å². The Kier molecular flexibility index (Phi) is 7.97. The highest BCUT2D eigenvalue weighted by Gasteiger charge is 2.37. The van der Waals surface area contributed by atoms with Gasteiger partial charge in [-0.25, -0.2) is 8.42 Å². The van der Waals surface area contributed by atoms with Gasteiger partial charge in [0.05, 0.1) is 10.8 Å². The molecular weight excluding hydrogens is 506 g/mol. The van der Waals surface area contributed by atoms with Crippen LogP contribution in [0.5, 0.6) is 0 Å². The Morgan fingerprint density at radius 3 is 2.36 bits per heavy atom. The molecular formula is C25H28ClN3O6S. The number of hydrogen-bond acceptors (Lipinski definition) is 6. The minimum absolute atomic E-state index is 0.0340. The number of para-hydroxylation sites is 1. The van der Waals surface area contributed by atoms with E-state index in [1.165, 1.54) is 33.5 Å². The number of ether oxygens (including phenoxy) is 1. The van der Waals surface area contributed by atoms with Gasteiger partial charge in [0, 0.05) is 49.9 Å². The zero-order valence-corrected chi connectivity index (χ0v) is 21.5. The number of piperazine rings is 1. The van der Waals surface area contributed by atoms with E-state index in [2.05, 4.69) is 0 Å². The van der Waals surface area contributed by atoms with Gasteiger partial charge in [0.15, 0.2) is 6.61 Å². The third-order valence-electron chi connectivity index (χ3n) is 6.50. The van der Waals surface area contributed by atoms with Gasteiger partial charge >= 0.3 is 5.97 Å². The first-order chi connectivity index (χ1) is 17.2. The van der Waals surface area contributed by atoms with E-state index in [-0.39, 0.29) is 49.9 Å². The van der Waals surface area contributed by atoms with Crippen LogP contribution >= 0.6 is 11.6 Å². The standard InChI is InChI=1S/C25H28ClN3O6S/c1-2-18-5-3-4-6-22(18)29-16-19(15-23(29)30)25(32)35-17-24(31)27-11-13-28(14-12-27)36(33,34)21-9-7-20(26)8-10-21/h3-10,19H,2,11-17H2,1H3. The van der Waals surface area contributed by atoms with Crippen LogP contribution in [0.2, 0.25) is 5.02 Å². The van der Waals surface area contributed by atoms with Crippen LogP contribution in [-0.2, 0) is 35.6 Å². The molecule has 0 bridgehead atoms. The van der Waals surface area contributed by atoms with Gasteiger partial charge in [0.1, 0.15) is 0 Å². The summed E-state index contributed by atoms with van der Waals surface area (Å²) in [6.07, 6.45) is 0.796. The normalized spacial score (nSPS) is 18.9. The minimum atomic E-state index is -3.69. The van der Waals surface area contributed by atoms with Crippen LogP contribution in [0, 0.1) is 5.92 Å². The highest BCUT2D eigenvalue weighted by atomic mass is 35.5. The molecule has 2 saturated heterocycles. The fourth-order valence-corrected chi connectivity index (χ4v) is 6.00. The van der Waals surface area contributed by atoms with E-state index >= 15 is 0 Å². The molecule has 2 aliphatic heterocycles. The van der Waals surface area contributed by atoms with Gasteiger partial charge in [-0.15, -0.1) is 0 Å². The lowest BCUT2D eigenvalue weighted by Crippen LogP contribution is -2.51. The summed E-state index contributed by atoms with van der Waals surface area (Å²) in [6.45, 7) is 2.41. The molecule has 192 valence electrons. The summed E-state index contributed by atoms with van der Waals surface area (Å²) in [7, 11) is -3.69. The molecule has 9 nitrogen and oxygen atoms in total. The molecule has 2 aliphatic rings. The lowest BCUT2D eigenvalue weighted by Gasteiger charge is -2.33. The molecule has 2 amide bonds. The Balaban J connectivity index is 1.27. The molecule has 1 unspecified atom stereocenters. The highest BCUT2D eigenvalue weighted by molar-refractivity contribution is 7.89. The molecule has 2 aromatic rings. The Hall–Kier alpha value is -2.95. The molecule has 4 rings (SSSR count). The number of anilines is 1. The summed E-state index contributed by atoms with van der Waals surface area (Å²) in [6, 6.07) is 13.5. The van der Waals surface area contributed by atoms with Crippen LogP contribution in [0.15, 0.2) is 53.4 Å². The largest absolute Gasteiger partial charge is 0.455 e. The molecule has 0 spiro atoms. The van der Waals surface area contributed by atoms with Crippen LogP contribution in [0.3, 0.4) is 0 Å². The number of halogens is 1. The summed E-state index contributed by atoms with van der Waals surface area (Å²) < 4.78 is 32.2. The topological polar surface area (TPSA) is 104 Å². The number of carbonyl (C=O) groups excluding carboxylic acids is 3. The molecule has 11 heteroatoms. The number of rotatable bonds is 7. The van der Waals surface area contributed by atoms with E-state index in [0.29, 0.717) is 5.02 Å². The maximum atomic E-state index is 12.8. The third kappa shape index (κ3) is 5.55. The van der Waals surface area contributed by atoms with Crippen molar-refractivity contribution < 1.29 is 27.5 Å². The quantitative estimate of drug-likeness (QED) is 0.506. The van der Waals surface area contributed by atoms with Crippen LogP contribution in [0.25, 0.3) is 0 Å². The molecule has 0 saturated carbocycles. The monoisotopic (exact) mass is 533 g/mol. The number of aryl methyl sites for hydroxylation is 1. The first-order valence-corrected chi connectivity index (χ1v) is 13.6. The highest BCUT2D eigenvalue weighted by Crippen LogP contribution is 2.29. The number of hydrogen-bond donors (Lipinski definition) is 0. The van der Waals surface area contributed by atoms with Crippen molar-refractivity contribution in [2.24, 2.45) is 5.92 Å². The lowest BCUT2D eigenvalue weighted by atomic mass is 10.1. The lowest BCUT2D eigenvalue weighted by molar-refractivity contribution is -0.155. The van der Waals surface area contributed by atoms with Crippen molar-refractivity contribution in [3.05, 3.63) is 59.1 Å². The van der Waals surface area contributed by atoms with Crippen LogP contribution in [-0.4, -0.2) is 74.7 Å². The van der Waals surface area contributed by atoms with Gasteiger partial charge in [-0.05, 0) is 42.3 Å². The number of esters is 1. The molecule has 1 atom stereocenters.